The third-order valence-corrected chi connectivity index (χ3v) is 5.43. The number of rotatable bonds is 3. The summed E-state index contributed by atoms with van der Waals surface area (Å²) < 4.78 is 2.09. The average molecular weight is 369 g/mol. The Bertz CT molecular complexity index is 1090. The summed E-state index contributed by atoms with van der Waals surface area (Å²) in [6.45, 7) is 4.35. The van der Waals surface area contributed by atoms with Crippen LogP contribution in [0.15, 0.2) is 61.1 Å². The monoisotopic (exact) mass is 369 g/mol. The topological polar surface area (TPSA) is 46.8 Å². The van der Waals surface area contributed by atoms with Crippen molar-refractivity contribution in [3.63, 3.8) is 0 Å². The average Bonchev–Trinajstić information content (AvgIpc) is 3.15. The largest absolute Gasteiger partial charge is 0.372 e. The molecule has 1 saturated heterocycles. The van der Waals surface area contributed by atoms with Gasteiger partial charge < -0.3 is 4.90 Å². The van der Waals surface area contributed by atoms with Crippen molar-refractivity contribution in [2.75, 3.05) is 18.0 Å². The molecule has 1 aliphatic rings. The number of hydrogen-bond acceptors (Lipinski definition) is 4. The molecule has 0 atom stereocenters. The zero-order chi connectivity index (χ0) is 18.9. The van der Waals surface area contributed by atoms with E-state index in [9.17, 15) is 0 Å². The van der Waals surface area contributed by atoms with Crippen LogP contribution in [-0.2, 0) is 0 Å². The highest BCUT2D eigenvalue weighted by Crippen LogP contribution is 2.29. The van der Waals surface area contributed by atoms with Crippen LogP contribution in [0.25, 0.3) is 28.2 Å². The van der Waals surface area contributed by atoms with Crippen LogP contribution < -0.4 is 4.90 Å². The standard InChI is InChI=1S/C23H23N5/c1-17-5-10-22(25-15-17)28-21-16-24-12-11-20(21)26-23(28)18-6-8-19(9-7-18)27-13-3-2-4-14-27/h5-12,15-16H,2-4,13-14H2,1H3. The number of piperidine rings is 1. The number of nitrogens with zero attached hydrogens (tertiary/aromatic N) is 5. The van der Waals surface area contributed by atoms with Crippen LogP contribution in [0.2, 0.25) is 0 Å². The predicted molar refractivity (Wildman–Crippen MR) is 113 cm³/mol. The molecule has 1 aliphatic heterocycles. The van der Waals surface area contributed by atoms with Crippen molar-refractivity contribution in [2.24, 2.45) is 0 Å². The molecule has 0 unspecified atom stereocenters. The van der Waals surface area contributed by atoms with Gasteiger partial charge in [-0.15, -0.1) is 0 Å². The first-order chi connectivity index (χ1) is 13.8. The van der Waals surface area contributed by atoms with Crippen LogP contribution in [0, 0.1) is 6.92 Å². The number of benzene rings is 1. The molecule has 0 saturated carbocycles. The lowest BCUT2D eigenvalue weighted by atomic mass is 10.1. The first-order valence-electron chi connectivity index (χ1n) is 9.90. The van der Waals surface area contributed by atoms with Gasteiger partial charge in [-0.05, 0) is 68.1 Å². The second kappa shape index (κ2) is 7.08. The van der Waals surface area contributed by atoms with Gasteiger partial charge in [-0.2, -0.15) is 0 Å². The van der Waals surface area contributed by atoms with E-state index in [-0.39, 0.29) is 0 Å². The molecular weight excluding hydrogens is 346 g/mol. The lowest BCUT2D eigenvalue weighted by Gasteiger charge is -2.28. The van der Waals surface area contributed by atoms with Gasteiger partial charge in [0.25, 0.3) is 0 Å². The highest BCUT2D eigenvalue weighted by atomic mass is 15.1. The molecular formula is C23H23N5. The minimum atomic E-state index is 0.858. The van der Waals surface area contributed by atoms with E-state index in [0.29, 0.717) is 0 Å². The summed E-state index contributed by atoms with van der Waals surface area (Å²) in [5.74, 6) is 1.75. The Morgan fingerprint density at radius 1 is 0.857 bits per heavy atom. The number of anilines is 1. The van der Waals surface area contributed by atoms with Crippen molar-refractivity contribution in [1.82, 2.24) is 19.5 Å². The Balaban J connectivity index is 1.60. The molecule has 5 rings (SSSR count). The highest BCUT2D eigenvalue weighted by Gasteiger charge is 2.16. The Kier molecular flexibility index (Phi) is 4.28. The number of fused-ring (bicyclic) bond motifs is 1. The predicted octanol–water partition coefficient (Wildman–Crippen LogP) is 4.78. The van der Waals surface area contributed by atoms with E-state index < -0.39 is 0 Å². The van der Waals surface area contributed by atoms with E-state index in [0.717, 1.165) is 46.9 Å². The summed E-state index contributed by atoms with van der Waals surface area (Å²) in [5.41, 5.74) is 5.40. The number of aromatic nitrogens is 4. The first-order valence-corrected chi connectivity index (χ1v) is 9.90. The number of hydrogen-bond donors (Lipinski definition) is 0. The van der Waals surface area contributed by atoms with Crippen molar-refractivity contribution < 1.29 is 0 Å². The zero-order valence-electron chi connectivity index (χ0n) is 16.0. The van der Waals surface area contributed by atoms with Gasteiger partial charge in [0, 0.05) is 36.7 Å². The minimum absolute atomic E-state index is 0.858. The summed E-state index contributed by atoms with van der Waals surface area (Å²) in [4.78, 5) is 16.3. The van der Waals surface area contributed by atoms with Crippen molar-refractivity contribution >= 4 is 16.7 Å². The number of pyridine rings is 2. The molecule has 0 aliphatic carbocycles. The molecule has 5 heteroatoms. The Hall–Kier alpha value is -3.21. The lowest BCUT2D eigenvalue weighted by molar-refractivity contribution is 0.578. The summed E-state index contributed by atoms with van der Waals surface area (Å²) in [5, 5.41) is 0. The van der Waals surface area contributed by atoms with E-state index in [2.05, 4.69) is 49.8 Å². The summed E-state index contributed by atoms with van der Waals surface area (Å²) in [7, 11) is 0. The SMILES string of the molecule is Cc1ccc(-n2c(-c3ccc(N4CCCCC4)cc3)nc3ccncc32)nc1. The Morgan fingerprint density at radius 3 is 2.43 bits per heavy atom. The fourth-order valence-electron chi connectivity index (χ4n) is 3.92. The quantitative estimate of drug-likeness (QED) is 0.521. The molecule has 5 nitrogen and oxygen atoms in total. The first kappa shape index (κ1) is 16.9. The fraction of sp³-hybridized carbons (Fsp3) is 0.261. The van der Waals surface area contributed by atoms with Gasteiger partial charge in [-0.3, -0.25) is 9.55 Å². The van der Waals surface area contributed by atoms with Crippen molar-refractivity contribution in [3.8, 4) is 17.2 Å². The van der Waals surface area contributed by atoms with Crippen LogP contribution in [0.3, 0.4) is 0 Å². The highest BCUT2D eigenvalue weighted by molar-refractivity contribution is 5.82. The maximum Gasteiger partial charge on any atom is 0.146 e. The summed E-state index contributed by atoms with van der Waals surface area (Å²) in [6.07, 6.45) is 9.44. The summed E-state index contributed by atoms with van der Waals surface area (Å²) >= 11 is 0. The number of aryl methyl sites for hydroxylation is 1. The van der Waals surface area contributed by atoms with E-state index in [4.69, 9.17) is 4.98 Å². The molecule has 1 aromatic carbocycles. The smallest absolute Gasteiger partial charge is 0.146 e. The summed E-state index contributed by atoms with van der Waals surface area (Å²) in [6, 6.07) is 14.8. The van der Waals surface area contributed by atoms with Crippen molar-refractivity contribution in [3.05, 3.63) is 66.6 Å². The van der Waals surface area contributed by atoms with Gasteiger partial charge in [0.1, 0.15) is 11.6 Å². The second-order valence-corrected chi connectivity index (χ2v) is 7.42. The third kappa shape index (κ3) is 3.03. The molecule has 1 fully saturated rings. The minimum Gasteiger partial charge on any atom is -0.372 e. The van der Waals surface area contributed by atoms with Gasteiger partial charge in [0.15, 0.2) is 0 Å². The van der Waals surface area contributed by atoms with Crippen LogP contribution >= 0.6 is 0 Å². The molecule has 4 aromatic rings. The van der Waals surface area contributed by atoms with Crippen molar-refractivity contribution in [1.29, 1.82) is 0 Å². The number of imidazole rings is 1. The van der Waals surface area contributed by atoms with Crippen LogP contribution in [0.4, 0.5) is 5.69 Å². The third-order valence-electron chi connectivity index (χ3n) is 5.43. The molecule has 0 radical (unpaired) electrons. The molecule has 4 heterocycles. The maximum absolute atomic E-state index is 4.89. The molecule has 0 spiro atoms. The van der Waals surface area contributed by atoms with Crippen LogP contribution in [0.5, 0.6) is 0 Å². The van der Waals surface area contributed by atoms with Gasteiger partial charge in [0.2, 0.25) is 0 Å². The van der Waals surface area contributed by atoms with E-state index >= 15 is 0 Å². The van der Waals surface area contributed by atoms with Gasteiger partial charge in [-0.1, -0.05) is 6.07 Å². The molecule has 28 heavy (non-hydrogen) atoms. The van der Waals surface area contributed by atoms with E-state index in [1.807, 2.05) is 31.5 Å². The molecule has 140 valence electrons. The Labute approximate surface area is 164 Å². The molecule has 0 amide bonds. The fourth-order valence-corrected chi connectivity index (χ4v) is 3.92. The van der Waals surface area contributed by atoms with Crippen LogP contribution in [0.1, 0.15) is 24.8 Å². The molecule has 0 bridgehead atoms. The Morgan fingerprint density at radius 2 is 1.68 bits per heavy atom. The normalized spacial score (nSPS) is 14.5. The van der Waals surface area contributed by atoms with E-state index in [1.165, 1.54) is 24.9 Å². The van der Waals surface area contributed by atoms with E-state index in [1.54, 1.807) is 6.20 Å². The van der Waals surface area contributed by atoms with Gasteiger partial charge >= 0.3 is 0 Å². The second-order valence-electron chi connectivity index (χ2n) is 7.42. The molecule has 0 N–H and O–H groups in total. The van der Waals surface area contributed by atoms with Crippen molar-refractivity contribution in [2.45, 2.75) is 26.2 Å². The molecule has 3 aromatic heterocycles. The van der Waals surface area contributed by atoms with Gasteiger partial charge in [0.05, 0.1) is 17.2 Å². The maximum atomic E-state index is 4.89. The lowest BCUT2D eigenvalue weighted by Crippen LogP contribution is -2.29. The van der Waals surface area contributed by atoms with Crippen LogP contribution in [-0.4, -0.2) is 32.6 Å². The zero-order valence-corrected chi connectivity index (χ0v) is 16.0. The van der Waals surface area contributed by atoms with Gasteiger partial charge in [-0.25, -0.2) is 9.97 Å².